The predicted octanol–water partition coefficient (Wildman–Crippen LogP) is 2.08. The maximum absolute atomic E-state index is 12.7. The minimum atomic E-state index is -3.56. The summed E-state index contributed by atoms with van der Waals surface area (Å²) in [6.45, 7) is 7.12. The Bertz CT molecular complexity index is 577. The minimum absolute atomic E-state index is 0.110. The molecule has 1 N–H and O–H groups in total. The summed E-state index contributed by atoms with van der Waals surface area (Å²) in [4.78, 5) is 0.205. The molecule has 0 saturated heterocycles. The van der Waals surface area contributed by atoms with Gasteiger partial charge in [-0.1, -0.05) is 26.8 Å². The minimum Gasteiger partial charge on any atom is -0.495 e. The van der Waals surface area contributed by atoms with Gasteiger partial charge in [-0.3, -0.25) is 0 Å². The van der Waals surface area contributed by atoms with Gasteiger partial charge < -0.3 is 10.1 Å². The van der Waals surface area contributed by atoms with Gasteiger partial charge in [0.15, 0.2) is 0 Å². The number of hydrogen-bond donors (Lipinski definition) is 1. The Hall–Kier alpha value is -1.11. The van der Waals surface area contributed by atoms with Crippen LogP contribution in [0.15, 0.2) is 23.1 Å². The number of ether oxygens (including phenoxy) is 1. The molecule has 21 heavy (non-hydrogen) atoms. The van der Waals surface area contributed by atoms with Crippen LogP contribution in [-0.4, -0.2) is 40.5 Å². The van der Waals surface area contributed by atoms with Gasteiger partial charge in [0, 0.05) is 20.1 Å². The van der Waals surface area contributed by atoms with Crippen LogP contribution in [-0.2, 0) is 16.6 Å². The fourth-order valence-electron chi connectivity index (χ4n) is 2.16. The smallest absolute Gasteiger partial charge is 0.246 e. The fraction of sp³-hybridized carbons (Fsp3) is 0.600. The molecule has 1 aromatic rings. The van der Waals surface area contributed by atoms with Crippen LogP contribution >= 0.6 is 0 Å². The highest BCUT2D eigenvalue weighted by Crippen LogP contribution is 2.29. The number of sulfonamides is 1. The Labute approximate surface area is 128 Å². The van der Waals surface area contributed by atoms with E-state index in [4.69, 9.17) is 4.74 Å². The van der Waals surface area contributed by atoms with Crippen molar-refractivity contribution in [3.8, 4) is 5.75 Å². The van der Waals surface area contributed by atoms with E-state index in [2.05, 4.69) is 5.32 Å². The molecule has 1 rings (SSSR count). The van der Waals surface area contributed by atoms with Gasteiger partial charge in [0.25, 0.3) is 0 Å². The van der Waals surface area contributed by atoms with E-state index in [9.17, 15) is 8.42 Å². The van der Waals surface area contributed by atoms with Crippen molar-refractivity contribution in [1.29, 1.82) is 0 Å². The van der Waals surface area contributed by atoms with E-state index in [-0.39, 0.29) is 10.3 Å². The Morgan fingerprint density at radius 3 is 2.38 bits per heavy atom. The molecule has 0 aliphatic heterocycles. The summed E-state index contributed by atoms with van der Waals surface area (Å²) in [6.07, 6.45) is 0. The SMILES string of the molecule is CNCc1ccc(S(=O)(=O)N(C)CC(C)(C)C)c(OC)c1. The van der Waals surface area contributed by atoms with Crippen molar-refractivity contribution in [2.45, 2.75) is 32.2 Å². The lowest BCUT2D eigenvalue weighted by atomic mass is 9.97. The molecule has 120 valence electrons. The second-order valence-electron chi connectivity index (χ2n) is 6.34. The van der Waals surface area contributed by atoms with Crippen LogP contribution in [0.2, 0.25) is 0 Å². The van der Waals surface area contributed by atoms with Gasteiger partial charge in [-0.2, -0.15) is 0 Å². The molecular weight excluding hydrogens is 288 g/mol. The lowest BCUT2D eigenvalue weighted by Gasteiger charge is -2.26. The first-order valence-corrected chi connectivity index (χ1v) is 8.33. The standard InChI is InChI=1S/C15H26N2O3S/c1-15(2,3)11-17(5)21(18,19)14-8-7-12(10-16-4)9-13(14)20-6/h7-9,16H,10-11H2,1-6H3. The molecule has 0 amide bonds. The van der Waals surface area contributed by atoms with E-state index >= 15 is 0 Å². The average molecular weight is 314 g/mol. The largest absolute Gasteiger partial charge is 0.495 e. The molecule has 1 aromatic carbocycles. The van der Waals surface area contributed by atoms with Crippen LogP contribution < -0.4 is 10.1 Å². The summed E-state index contributed by atoms with van der Waals surface area (Å²) in [5.41, 5.74) is 0.869. The number of hydrogen-bond acceptors (Lipinski definition) is 4. The molecule has 0 bridgehead atoms. The summed E-state index contributed by atoms with van der Waals surface area (Å²) in [6, 6.07) is 5.17. The van der Waals surface area contributed by atoms with Crippen molar-refractivity contribution in [1.82, 2.24) is 9.62 Å². The monoisotopic (exact) mass is 314 g/mol. The van der Waals surface area contributed by atoms with E-state index in [0.29, 0.717) is 18.8 Å². The molecule has 6 heteroatoms. The second-order valence-corrected chi connectivity index (χ2v) is 8.35. The van der Waals surface area contributed by atoms with Crippen LogP contribution in [0.4, 0.5) is 0 Å². The van der Waals surface area contributed by atoms with Crippen molar-refractivity contribution in [3.05, 3.63) is 23.8 Å². The van der Waals surface area contributed by atoms with Gasteiger partial charge in [-0.15, -0.1) is 0 Å². The molecule has 0 spiro atoms. The summed E-state index contributed by atoms with van der Waals surface area (Å²) in [5.74, 6) is 0.378. The number of benzene rings is 1. The van der Waals surface area contributed by atoms with Crippen LogP contribution in [0, 0.1) is 5.41 Å². The first-order valence-electron chi connectivity index (χ1n) is 6.89. The number of methoxy groups -OCH3 is 1. The third-order valence-electron chi connectivity index (χ3n) is 2.99. The van der Waals surface area contributed by atoms with Gasteiger partial charge in [-0.05, 0) is 30.2 Å². The highest BCUT2D eigenvalue weighted by Gasteiger charge is 2.28. The highest BCUT2D eigenvalue weighted by atomic mass is 32.2. The van der Waals surface area contributed by atoms with E-state index in [0.717, 1.165) is 5.56 Å². The zero-order valence-electron chi connectivity index (χ0n) is 13.7. The molecular formula is C15H26N2O3S. The Morgan fingerprint density at radius 2 is 1.90 bits per heavy atom. The first-order chi connectivity index (χ1) is 9.61. The molecule has 0 unspecified atom stereocenters. The molecule has 0 aliphatic carbocycles. The quantitative estimate of drug-likeness (QED) is 0.873. The van der Waals surface area contributed by atoms with Crippen molar-refractivity contribution in [3.63, 3.8) is 0 Å². The summed E-state index contributed by atoms with van der Waals surface area (Å²) < 4.78 is 32.0. The van der Waals surface area contributed by atoms with Gasteiger partial charge in [-0.25, -0.2) is 12.7 Å². The van der Waals surface area contributed by atoms with Crippen LogP contribution in [0.3, 0.4) is 0 Å². The van der Waals surface area contributed by atoms with E-state index in [1.165, 1.54) is 11.4 Å². The molecule has 0 heterocycles. The molecule has 0 aromatic heterocycles. The zero-order chi connectivity index (χ0) is 16.3. The van der Waals surface area contributed by atoms with Gasteiger partial charge in [0.1, 0.15) is 10.6 Å². The zero-order valence-corrected chi connectivity index (χ0v) is 14.5. The van der Waals surface area contributed by atoms with Gasteiger partial charge in [0.2, 0.25) is 10.0 Å². The van der Waals surface area contributed by atoms with Crippen molar-refractivity contribution in [2.24, 2.45) is 5.41 Å². The Balaban J connectivity index is 3.19. The third kappa shape index (κ3) is 4.69. The lowest BCUT2D eigenvalue weighted by Crippen LogP contribution is -2.34. The van der Waals surface area contributed by atoms with Gasteiger partial charge >= 0.3 is 0 Å². The molecule has 5 nitrogen and oxygen atoms in total. The summed E-state index contributed by atoms with van der Waals surface area (Å²) in [5, 5.41) is 3.03. The first kappa shape index (κ1) is 17.9. The van der Waals surface area contributed by atoms with E-state index in [1.807, 2.05) is 27.8 Å². The Kier molecular flexibility index (Phi) is 5.78. The molecule has 0 radical (unpaired) electrons. The number of nitrogens with one attached hydrogen (secondary N) is 1. The molecule has 0 atom stereocenters. The van der Waals surface area contributed by atoms with Crippen LogP contribution in [0.5, 0.6) is 5.75 Å². The topological polar surface area (TPSA) is 58.6 Å². The summed E-state index contributed by atoms with van der Waals surface area (Å²) in [7, 11) is 1.37. The summed E-state index contributed by atoms with van der Waals surface area (Å²) >= 11 is 0. The van der Waals surface area contributed by atoms with E-state index < -0.39 is 10.0 Å². The molecule has 0 saturated carbocycles. The van der Waals surface area contributed by atoms with Crippen molar-refractivity contribution in [2.75, 3.05) is 27.7 Å². The van der Waals surface area contributed by atoms with Crippen LogP contribution in [0.1, 0.15) is 26.3 Å². The third-order valence-corrected chi connectivity index (χ3v) is 4.84. The van der Waals surface area contributed by atoms with E-state index in [1.54, 1.807) is 25.2 Å². The maximum Gasteiger partial charge on any atom is 0.246 e. The molecule has 0 aliphatic rings. The highest BCUT2D eigenvalue weighted by molar-refractivity contribution is 7.89. The second kappa shape index (κ2) is 6.77. The number of rotatable bonds is 6. The fourth-order valence-corrected chi connectivity index (χ4v) is 3.69. The normalized spacial score (nSPS) is 12.7. The Morgan fingerprint density at radius 1 is 1.29 bits per heavy atom. The van der Waals surface area contributed by atoms with Crippen molar-refractivity contribution >= 4 is 10.0 Å². The maximum atomic E-state index is 12.7. The van der Waals surface area contributed by atoms with Gasteiger partial charge in [0.05, 0.1) is 7.11 Å². The van der Waals surface area contributed by atoms with Crippen molar-refractivity contribution < 1.29 is 13.2 Å². The van der Waals surface area contributed by atoms with Crippen LogP contribution in [0.25, 0.3) is 0 Å². The average Bonchev–Trinajstić information content (AvgIpc) is 2.36. The number of nitrogens with zero attached hydrogens (tertiary/aromatic N) is 1. The molecule has 0 fully saturated rings. The lowest BCUT2D eigenvalue weighted by molar-refractivity contribution is 0.309. The predicted molar refractivity (Wildman–Crippen MR) is 85.0 cm³/mol.